The summed E-state index contributed by atoms with van der Waals surface area (Å²) in [7, 11) is 0. The van der Waals surface area contributed by atoms with E-state index in [4.69, 9.17) is 0 Å². The first-order valence-corrected chi connectivity index (χ1v) is 7.51. The van der Waals surface area contributed by atoms with Crippen LogP contribution >= 0.6 is 0 Å². The number of halogens is 3. The Kier molecular flexibility index (Phi) is 5.80. The van der Waals surface area contributed by atoms with Crippen LogP contribution in [0.3, 0.4) is 0 Å². The lowest BCUT2D eigenvalue weighted by atomic mass is 9.97. The smallest absolute Gasteiger partial charge is 0.396 e. The Labute approximate surface area is 134 Å². The number of aliphatic hydroxyl groups is 1. The highest BCUT2D eigenvalue weighted by Gasteiger charge is 2.34. The van der Waals surface area contributed by atoms with Crippen molar-refractivity contribution >= 4 is 0 Å². The maximum Gasteiger partial charge on any atom is 0.416 e. The molecule has 2 aromatic rings. The highest BCUT2D eigenvalue weighted by molar-refractivity contribution is 5.32. The van der Waals surface area contributed by atoms with Gasteiger partial charge in [-0.2, -0.15) is 13.2 Å². The lowest BCUT2D eigenvalue weighted by molar-refractivity contribution is -0.138. The van der Waals surface area contributed by atoms with Gasteiger partial charge in [0.25, 0.3) is 0 Å². The zero-order chi connectivity index (χ0) is 16.9. The Morgan fingerprint density at radius 2 is 1.61 bits per heavy atom. The monoisotopic (exact) mass is 323 g/mol. The predicted molar refractivity (Wildman–Crippen MR) is 83.9 cm³/mol. The maximum atomic E-state index is 13.1. The van der Waals surface area contributed by atoms with Gasteiger partial charge in [-0.3, -0.25) is 0 Å². The van der Waals surface area contributed by atoms with E-state index in [1.165, 1.54) is 12.1 Å². The minimum Gasteiger partial charge on any atom is -0.396 e. The first kappa shape index (κ1) is 17.5. The quantitative estimate of drug-likeness (QED) is 0.821. The van der Waals surface area contributed by atoms with Gasteiger partial charge in [-0.1, -0.05) is 48.5 Å². The summed E-state index contributed by atoms with van der Waals surface area (Å²) in [6.45, 7) is 1.66. The number of hydrogen-bond donors (Lipinski definition) is 2. The predicted octanol–water partition coefficient (Wildman–Crippen LogP) is 4.48. The lowest BCUT2D eigenvalue weighted by Gasteiger charge is -2.25. The largest absolute Gasteiger partial charge is 0.416 e. The fourth-order valence-electron chi connectivity index (χ4n) is 2.68. The maximum absolute atomic E-state index is 13.1. The molecule has 0 aliphatic heterocycles. The van der Waals surface area contributed by atoms with Crippen molar-refractivity contribution in [3.8, 4) is 0 Å². The van der Waals surface area contributed by atoms with Gasteiger partial charge in [-0.15, -0.1) is 0 Å². The summed E-state index contributed by atoms with van der Waals surface area (Å²) in [6.07, 6.45) is -3.95. The molecule has 0 aromatic heterocycles. The van der Waals surface area contributed by atoms with Crippen LogP contribution in [0.2, 0.25) is 0 Å². The van der Waals surface area contributed by atoms with Crippen molar-refractivity contribution in [2.75, 3.05) is 6.61 Å². The molecule has 2 N–H and O–H groups in total. The molecule has 1 unspecified atom stereocenters. The minimum atomic E-state index is -4.38. The normalized spacial score (nSPS) is 14.5. The summed E-state index contributed by atoms with van der Waals surface area (Å²) < 4.78 is 39.4. The van der Waals surface area contributed by atoms with Crippen molar-refractivity contribution in [2.24, 2.45) is 0 Å². The molecule has 0 amide bonds. The second kappa shape index (κ2) is 7.62. The van der Waals surface area contributed by atoms with Gasteiger partial charge in [-0.25, -0.2) is 0 Å². The van der Waals surface area contributed by atoms with E-state index in [2.05, 4.69) is 5.32 Å². The lowest BCUT2D eigenvalue weighted by Crippen LogP contribution is -2.27. The summed E-state index contributed by atoms with van der Waals surface area (Å²) in [5.74, 6) is 0. The molecule has 23 heavy (non-hydrogen) atoms. The fourth-order valence-corrected chi connectivity index (χ4v) is 2.68. The van der Waals surface area contributed by atoms with E-state index in [0.29, 0.717) is 6.42 Å². The van der Waals surface area contributed by atoms with Gasteiger partial charge >= 0.3 is 6.18 Å². The average Bonchev–Trinajstić information content (AvgIpc) is 2.54. The number of aliphatic hydroxyl groups excluding tert-OH is 1. The topological polar surface area (TPSA) is 32.3 Å². The number of nitrogens with one attached hydrogen (secondary N) is 1. The van der Waals surface area contributed by atoms with E-state index in [0.717, 1.165) is 11.6 Å². The highest BCUT2D eigenvalue weighted by Crippen LogP contribution is 2.35. The molecular formula is C18H20F3NO. The third kappa shape index (κ3) is 4.56. The van der Waals surface area contributed by atoms with Crippen molar-refractivity contribution in [1.82, 2.24) is 5.32 Å². The van der Waals surface area contributed by atoms with E-state index in [9.17, 15) is 18.3 Å². The summed E-state index contributed by atoms with van der Waals surface area (Å²) in [5, 5.41) is 12.4. The third-order valence-electron chi connectivity index (χ3n) is 3.80. The molecule has 0 spiro atoms. The summed E-state index contributed by atoms with van der Waals surface area (Å²) >= 11 is 0. The first-order chi connectivity index (χ1) is 10.9. The van der Waals surface area contributed by atoms with Gasteiger partial charge in [0.2, 0.25) is 0 Å². The van der Waals surface area contributed by atoms with Crippen molar-refractivity contribution < 1.29 is 18.3 Å². The van der Waals surface area contributed by atoms with Gasteiger partial charge in [0, 0.05) is 18.7 Å². The van der Waals surface area contributed by atoms with Crippen LogP contribution in [0.4, 0.5) is 13.2 Å². The number of benzene rings is 2. The number of alkyl halides is 3. The van der Waals surface area contributed by atoms with Crippen molar-refractivity contribution in [3.63, 3.8) is 0 Å². The molecule has 2 nitrogen and oxygen atoms in total. The Morgan fingerprint density at radius 3 is 2.22 bits per heavy atom. The van der Waals surface area contributed by atoms with Gasteiger partial charge < -0.3 is 10.4 Å². The molecule has 0 aliphatic rings. The van der Waals surface area contributed by atoms with Crippen LogP contribution in [0.5, 0.6) is 0 Å². The molecule has 0 aliphatic carbocycles. The van der Waals surface area contributed by atoms with Crippen LogP contribution in [0, 0.1) is 0 Å². The van der Waals surface area contributed by atoms with Gasteiger partial charge in [-0.05, 0) is 30.5 Å². The summed E-state index contributed by atoms with van der Waals surface area (Å²) in [6, 6.07) is 14.3. The number of rotatable bonds is 6. The summed E-state index contributed by atoms with van der Waals surface area (Å²) in [5.41, 5.74) is 0.521. The Bertz CT molecular complexity index is 613. The van der Waals surface area contributed by atoms with Gasteiger partial charge in [0.05, 0.1) is 5.56 Å². The highest BCUT2D eigenvalue weighted by atomic mass is 19.4. The molecule has 124 valence electrons. The zero-order valence-corrected chi connectivity index (χ0v) is 12.8. The van der Waals surface area contributed by atoms with E-state index in [1.807, 2.05) is 30.3 Å². The molecule has 0 fully saturated rings. The Balaban J connectivity index is 2.25. The molecule has 0 saturated heterocycles. The van der Waals surface area contributed by atoms with E-state index in [1.54, 1.807) is 13.0 Å². The second-order valence-electron chi connectivity index (χ2n) is 5.45. The number of hydrogen-bond acceptors (Lipinski definition) is 2. The van der Waals surface area contributed by atoms with E-state index < -0.39 is 17.8 Å². The van der Waals surface area contributed by atoms with Crippen molar-refractivity contribution in [3.05, 3.63) is 71.3 Å². The Hall–Kier alpha value is -1.85. The molecule has 0 radical (unpaired) electrons. The molecule has 2 aromatic carbocycles. The van der Waals surface area contributed by atoms with Crippen LogP contribution in [0.25, 0.3) is 0 Å². The van der Waals surface area contributed by atoms with E-state index in [-0.39, 0.29) is 18.2 Å². The molecule has 2 atom stereocenters. The molecule has 0 heterocycles. The van der Waals surface area contributed by atoms with Gasteiger partial charge in [0.15, 0.2) is 0 Å². The molecule has 0 saturated carbocycles. The SMILES string of the molecule is CC(N[C@H](CCO)c1ccccc1)c1ccccc1C(F)(F)F. The zero-order valence-electron chi connectivity index (χ0n) is 12.8. The Morgan fingerprint density at radius 1 is 1.00 bits per heavy atom. The first-order valence-electron chi connectivity index (χ1n) is 7.51. The van der Waals surface area contributed by atoms with Crippen LogP contribution in [0.1, 0.15) is 42.1 Å². The molecule has 0 bridgehead atoms. The molecule has 2 rings (SSSR count). The molecule has 5 heteroatoms. The average molecular weight is 323 g/mol. The van der Waals surface area contributed by atoms with Crippen molar-refractivity contribution in [1.29, 1.82) is 0 Å². The van der Waals surface area contributed by atoms with Crippen LogP contribution in [-0.2, 0) is 6.18 Å². The standard InChI is InChI=1S/C18H20F3NO/c1-13(15-9-5-6-10-16(15)18(19,20)21)22-17(11-12-23)14-7-3-2-4-8-14/h2-10,13,17,22-23H,11-12H2,1H3/t13?,17-/m1/s1. The van der Waals surface area contributed by atoms with Crippen LogP contribution in [0.15, 0.2) is 54.6 Å². The van der Waals surface area contributed by atoms with Crippen LogP contribution < -0.4 is 5.32 Å². The van der Waals surface area contributed by atoms with Crippen LogP contribution in [-0.4, -0.2) is 11.7 Å². The third-order valence-corrected chi connectivity index (χ3v) is 3.80. The van der Waals surface area contributed by atoms with Gasteiger partial charge in [0.1, 0.15) is 0 Å². The second-order valence-corrected chi connectivity index (χ2v) is 5.45. The minimum absolute atomic E-state index is 0.0415. The molecular weight excluding hydrogens is 303 g/mol. The van der Waals surface area contributed by atoms with Crippen molar-refractivity contribution in [2.45, 2.75) is 31.6 Å². The summed E-state index contributed by atoms with van der Waals surface area (Å²) in [4.78, 5) is 0. The fraction of sp³-hybridized carbons (Fsp3) is 0.333. The van der Waals surface area contributed by atoms with E-state index >= 15 is 0 Å².